The van der Waals surface area contributed by atoms with Crippen molar-refractivity contribution in [1.29, 1.82) is 0 Å². The molecule has 1 aliphatic carbocycles. The lowest BCUT2D eigenvalue weighted by Crippen LogP contribution is -2.48. The summed E-state index contributed by atoms with van der Waals surface area (Å²) in [5, 5.41) is 3.13. The summed E-state index contributed by atoms with van der Waals surface area (Å²) >= 11 is 0.653. The summed E-state index contributed by atoms with van der Waals surface area (Å²) in [6.07, 6.45) is -0.878. The second kappa shape index (κ2) is 12.1. The zero-order chi connectivity index (χ0) is 28.3. The van der Waals surface area contributed by atoms with Crippen LogP contribution in [0.1, 0.15) is 70.2 Å². The zero-order valence-electron chi connectivity index (χ0n) is 22.8. The largest absolute Gasteiger partial charge is 0.469 e. The first kappa shape index (κ1) is 29.1. The molecule has 4 rings (SSSR count). The number of halogens is 3. The Morgan fingerprint density at radius 1 is 1.18 bits per heavy atom. The van der Waals surface area contributed by atoms with E-state index in [0.717, 1.165) is 43.5 Å². The molecule has 1 atom stereocenters. The van der Waals surface area contributed by atoms with Gasteiger partial charge < -0.3 is 19.9 Å². The van der Waals surface area contributed by atoms with Gasteiger partial charge in [-0.1, -0.05) is 26.8 Å². The molecule has 1 amide bonds. The lowest BCUT2D eigenvalue weighted by atomic mass is 9.95. The summed E-state index contributed by atoms with van der Waals surface area (Å²) in [6, 6.07) is 5.95. The van der Waals surface area contributed by atoms with Gasteiger partial charge in [0.15, 0.2) is 0 Å². The number of amides is 1. The van der Waals surface area contributed by atoms with Crippen molar-refractivity contribution in [1.82, 2.24) is 14.3 Å². The Kier molecular flexibility index (Phi) is 9.03. The highest BCUT2D eigenvalue weighted by molar-refractivity contribution is 7.09. The second-order valence-electron chi connectivity index (χ2n) is 10.9. The lowest BCUT2D eigenvalue weighted by molar-refractivity contribution is -0.144. The normalized spacial score (nSPS) is 17.3. The minimum Gasteiger partial charge on any atom is -0.469 e. The van der Waals surface area contributed by atoms with Crippen LogP contribution in [-0.4, -0.2) is 58.9 Å². The minimum atomic E-state index is -4.63. The fraction of sp³-hybridized carbons (Fsp3) is 0.630. The van der Waals surface area contributed by atoms with Gasteiger partial charge in [-0.3, -0.25) is 9.59 Å². The summed E-state index contributed by atoms with van der Waals surface area (Å²) in [6.45, 7) is 8.27. The van der Waals surface area contributed by atoms with Crippen LogP contribution in [0, 0.1) is 11.8 Å². The van der Waals surface area contributed by atoms with E-state index in [0.29, 0.717) is 36.2 Å². The van der Waals surface area contributed by atoms with E-state index in [9.17, 15) is 22.8 Å². The summed E-state index contributed by atoms with van der Waals surface area (Å²) < 4.78 is 47.8. The molecule has 39 heavy (non-hydrogen) atoms. The van der Waals surface area contributed by atoms with E-state index in [2.05, 4.69) is 33.4 Å². The van der Waals surface area contributed by atoms with E-state index < -0.39 is 12.0 Å². The summed E-state index contributed by atoms with van der Waals surface area (Å²) in [5.74, 6) is -0.917. The number of ether oxygens (including phenoxy) is 1. The number of benzene rings is 1. The van der Waals surface area contributed by atoms with Crippen LogP contribution in [0.2, 0.25) is 0 Å². The van der Waals surface area contributed by atoms with Crippen LogP contribution in [0.3, 0.4) is 0 Å². The van der Waals surface area contributed by atoms with Gasteiger partial charge in [-0.05, 0) is 55.2 Å². The van der Waals surface area contributed by atoms with Crippen molar-refractivity contribution in [2.45, 2.75) is 71.0 Å². The van der Waals surface area contributed by atoms with Gasteiger partial charge in [0.2, 0.25) is 16.9 Å². The van der Waals surface area contributed by atoms with Gasteiger partial charge in [-0.15, -0.1) is 0 Å². The van der Waals surface area contributed by atoms with Crippen LogP contribution >= 0.6 is 11.5 Å². The molecule has 0 spiro atoms. The van der Waals surface area contributed by atoms with Gasteiger partial charge in [-0.2, -0.15) is 22.5 Å². The van der Waals surface area contributed by atoms with E-state index in [1.54, 1.807) is 0 Å². The Bertz CT molecular complexity index is 1160. The predicted octanol–water partition coefficient (Wildman–Crippen LogP) is 5.83. The number of nitrogens with zero attached hydrogens (tertiary/aromatic N) is 4. The van der Waals surface area contributed by atoms with Crippen molar-refractivity contribution >= 4 is 39.9 Å². The quantitative estimate of drug-likeness (QED) is 0.362. The molecule has 0 radical (unpaired) electrons. The van der Waals surface area contributed by atoms with Gasteiger partial charge in [0.05, 0.1) is 24.9 Å². The first-order valence-corrected chi connectivity index (χ1v) is 14.2. The Labute approximate surface area is 231 Å². The monoisotopic (exact) mass is 567 g/mol. The average molecular weight is 568 g/mol. The number of nitrogens with one attached hydrogen (secondary N) is 1. The Balaban J connectivity index is 1.64. The number of rotatable bonds is 10. The summed E-state index contributed by atoms with van der Waals surface area (Å²) in [4.78, 5) is 32.4. The number of alkyl halides is 3. The number of hydrogen-bond donors (Lipinski definition) is 1. The fourth-order valence-corrected chi connectivity index (χ4v) is 5.59. The number of likely N-dealkylation sites (tertiary alicyclic amines) is 1. The van der Waals surface area contributed by atoms with Crippen LogP contribution in [0.5, 0.6) is 0 Å². The Morgan fingerprint density at radius 3 is 2.44 bits per heavy atom. The Morgan fingerprint density at radius 2 is 1.87 bits per heavy atom. The Hall–Kier alpha value is -2.89. The smallest absolute Gasteiger partial charge is 0.452 e. The van der Waals surface area contributed by atoms with Crippen molar-refractivity contribution in [2.75, 3.05) is 37.0 Å². The number of carbonyl (C=O) groups is 2. The highest BCUT2D eigenvalue weighted by atomic mass is 32.1. The molecular formula is C27H36F3N5O3S. The molecular weight excluding hydrogens is 531 g/mol. The topological polar surface area (TPSA) is 87.7 Å². The molecule has 0 bridgehead atoms. The van der Waals surface area contributed by atoms with Crippen LogP contribution in [0.25, 0.3) is 0 Å². The van der Waals surface area contributed by atoms with Gasteiger partial charge in [0.25, 0.3) is 0 Å². The molecule has 8 nitrogen and oxygen atoms in total. The van der Waals surface area contributed by atoms with Crippen molar-refractivity contribution in [2.24, 2.45) is 11.8 Å². The maximum Gasteiger partial charge on any atom is 0.452 e. The van der Waals surface area contributed by atoms with E-state index in [1.807, 2.05) is 30.0 Å². The van der Waals surface area contributed by atoms with E-state index in [1.165, 1.54) is 7.11 Å². The number of piperidine rings is 1. The van der Waals surface area contributed by atoms with Gasteiger partial charge >= 0.3 is 12.1 Å². The van der Waals surface area contributed by atoms with Crippen molar-refractivity contribution in [3.8, 4) is 0 Å². The molecule has 0 unspecified atom stereocenters. The molecule has 12 heteroatoms. The fourth-order valence-electron chi connectivity index (χ4n) is 4.99. The van der Waals surface area contributed by atoms with Crippen LogP contribution in [-0.2, 0) is 20.5 Å². The molecule has 1 saturated heterocycles. The van der Waals surface area contributed by atoms with Crippen molar-refractivity contribution < 1.29 is 27.5 Å². The maximum absolute atomic E-state index is 13.2. The third-order valence-corrected chi connectivity index (χ3v) is 7.86. The zero-order valence-corrected chi connectivity index (χ0v) is 23.6. The number of anilines is 3. The molecule has 2 fully saturated rings. The summed E-state index contributed by atoms with van der Waals surface area (Å²) in [7, 11) is 1.34. The van der Waals surface area contributed by atoms with Crippen molar-refractivity contribution in [3.05, 3.63) is 29.6 Å². The van der Waals surface area contributed by atoms with Crippen molar-refractivity contribution in [3.63, 3.8) is 0 Å². The second-order valence-corrected chi connectivity index (χ2v) is 11.6. The first-order chi connectivity index (χ1) is 18.5. The molecule has 1 aromatic heterocycles. The van der Waals surface area contributed by atoms with E-state index >= 15 is 0 Å². The number of aromatic nitrogens is 2. The van der Waals surface area contributed by atoms with Crippen LogP contribution in [0.15, 0.2) is 18.2 Å². The molecule has 2 aromatic rings. The third-order valence-electron chi connectivity index (χ3n) is 7.23. The SMILES string of the molecule is COC(=O)C[C@@H](C)c1ccc(N(CC(C)C)C2CCN(C(=O)C3CC3)CC2)c(Nc2nc(C(F)(F)F)ns2)c1. The van der Waals surface area contributed by atoms with E-state index in [4.69, 9.17) is 4.74 Å². The molecule has 1 N–H and O–H groups in total. The first-order valence-electron chi connectivity index (χ1n) is 13.4. The van der Waals surface area contributed by atoms with Gasteiger partial charge in [0, 0.05) is 43.1 Å². The molecule has 1 aromatic carbocycles. The number of carbonyl (C=O) groups excluding carboxylic acids is 2. The van der Waals surface area contributed by atoms with Gasteiger partial charge in [-0.25, -0.2) is 0 Å². The lowest BCUT2D eigenvalue weighted by Gasteiger charge is -2.41. The highest BCUT2D eigenvalue weighted by Gasteiger charge is 2.37. The minimum absolute atomic E-state index is 0.0377. The number of hydrogen-bond acceptors (Lipinski definition) is 8. The molecule has 1 aliphatic heterocycles. The molecule has 2 aliphatic rings. The third kappa shape index (κ3) is 7.40. The van der Waals surface area contributed by atoms with Crippen LogP contribution in [0.4, 0.5) is 29.7 Å². The molecule has 214 valence electrons. The predicted molar refractivity (Wildman–Crippen MR) is 144 cm³/mol. The number of esters is 1. The standard InChI is InChI=1S/C27H36F3N5O3S/c1-16(2)15-35(20-9-11-34(12-10-20)24(37)18-5-6-18)22-8-7-19(17(3)13-23(36)38-4)14-21(22)31-26-32-25(33-39-26)27(28,29)30/h7-8,14,16-18,20H,5-6,9-13,15H2,1-4H3,(H,31,32,33)/t17-/m1/s1. The van der Waals surface area contributed by atoms with Gasteiger partial charge in [0.1, 0.15) is 0 Å². The highest BCUT2D eigenvalue weighted by Crippen LogP contribution is 2.38. The summed E-state index contributed by atoms with van der Waals surface area (Å²) in [5.41, 5.74) is 2.29. The number of methoxy groups -OCH3 is 1. The average Bonchev–Trinajstić information content (AvgIpc) is 3.63. The maximum atomic E-state index is 13.2. The molecule has 1 saturated carbocycles. The van der Waals surface area contributed by atoms with Crippen LogP contribution < -0.4 is 10.2 Å². The van der Waals surface area contributed by atoms with E-state index in [-0.39, 0.29) is 41.3 Å². The molecule has 2 heterocycles.